The largest absolute Gasteiger partial charge is 0.496 e. The molecule has 0 radical (unpaired) electrons. The number of hydrogen-bond donors (Lipinski definition) is 1. The minimum Gasteiger partial charge on any atom is -0.496 e. The maximum Gasteiger partial charge on any atom is 0.123 e. The Morgan fingerprint density at radius 3 is 2.40 bits per heavy atom. The SMILES string of the molecule is COc1ccc(C)cc1C(N)C1(c2ccccc2)CC1. The van der Waals surface area contributed by atoms with Crippen LogP contribution in [0.5, 0.6) is 5.75 Å². The zero-order valence-electron chi connectivity index (χ0n) is 12.1. The number of methoxy groups -OCH3 is 1. The normalized spacial score (nSPS) is 17.6. The zero-order valence-corrected chi connectivity index (χ0v) is 12.1. The van der Waals surface area contributed by atoms with Crippen LogP contribution in [0.15, 0.2) is 48.5 Å². The fourth-order valence-corrected chi connectivity index (χ4v) is 3.08. The molecule has 104 valence electrons. The van der Waals surface area contributed by atoms with Crippen LogP contribution in [0.3, 0.4) is 0 Å². The third-order valence-electron chi connectivity index (χ3n) is 4.45. The van der Waals surface area contributed by atoms with Gasteiger partial charge in [-0.3, -0.25) is 0 Å². The molecule has 1 aliphatic carbocycles. The quantitative estimate of drug-likeness (QED) is 0.916. The van der Waals surface area contributed by atoms with Crippen LogP contribution in [0, 0.1) is 6.92 Å². The molecule has 0 bridgehead atoms. The molecule has 0 amide bonds. The van der Waals surface area contributed by atoms with E-state index in [0.29, 0.717) is 0 Å². The van der Waals surface area contributed by atoms with Crippen molar-refractivity contribution >= 4 is 0 Å². The van der Waals surface area contributed by atoms with Crippen LogP contribution in [-0.2, 0) is 5.41 Å². The van der Waals surface area contributed by atoms with Crippen molar-refractivity contribution in [3.63, 3.8) is 0 Å². The minimum atomic E-state index is -0.0141. The van der Waals surface area contributed by atoms with Crippen LogP contribution < -0.4 is 10.5 Å². The van der Waals surface area contributed by atoms with E-state index in [9.17, 15) is 0 Å². The zero-order chi connectivity index (χ0) is 14.2. The van der Waals surface area contributed by atoms with Crippen molar-refractivity contribution in [3.05, 3.63) is 65.2 Å². The molecule has 0 aromatic heterocycles. The molecule has 1 atom stereocenters. The van der Waals surface area contributed by atoms with E-state index in [1.807, 2.05) is 6.07 Å². The molecule has 0 aliphatic heterocycles. The summed E-state index contributed by atoms with van der Waals surface area (Å²) in [5.41, 5.74) is 10.4. The molecule has 0 spiro atoms. The first-order valence-electron chi connectivity index (χ1n) is 7.13. The van der Waals surface area contributed by atoms with Gasteiger partial charge in [0.2, 0.25) is 0 Å². The summed E-state index contributed by atoms with van der Waals surface area (Å²) in [7, 11) is 1.71. The van der Waals surface area contributed by atoms with E-state index in [-0.39, 0.29) is 11.5 Å². The second-order valence-corrected chi connectivity index (χ2v) is 5.75. The Hall–Kier alpha value is -1.80. The molecule has 3 rings (SSSR count). The van der Waals surface area contributed by atoms with Crippen molar-refractivity contribution in [3.8, 4) is 5.75 Å². The van der Waals surface area contributed by atoms with Gasteiger partial charge in [0, 0.05) is 17.0 Å². The first-order chi connectivity index (χ1) is 9.67. The predicted octanol–water partition coefficient (Wildman–Crippen LogP) is 3.74. The van der Waals surface area contributed by atoms with Gasteiger partial charge in [0.1, 0.15) is 5.75 Å². The van der Waals surface area contributed by atoms with Crippen molar-refractivity contribution in [2.75, 3.05) is 7.11 Å². The van der Waals surface area contributed by atoms with Gasteiger partial charge in [0.25, 0.3) is 0 Å². The van der Waals surface area contributed by atoms with Crippen molar-refractivity contribution < 1.29 is 4.74 Å². The highest BCUT2D eigenvalue weighted by Gasteiger charge is 2.50. The van der Waals surface area contributed by atoms with E-state index < -0.39 is 0 Å². The number of aryl methyl sites for hydroxylation is 1. The molecule has 20 heavy (non-hydrogen) atoms. The fraction of sp³-hybridized carbons (Fsp3) is 0.333. The lowest BCUT2D eigenvalue weighted by molar-refractivity contribution is 0.398. The van der Waals surface area contributed by atoms with Crippen LogP contribution in [0.25, 0.3) is 0 Å². The molecule has 1 unspecified atom stereocenters. The van der Waals surface area contributed by atoms with Gasteiger partial charge < -0.3 is 10.5 Å². The van der Waals surface area contributed by atoms with Gasteiger partial charge >= 0.3 is 0 Å². The molecular formula is C18H21NO. The molecule has 1 aliphatic rings. The second-order valence-electron chi connectivity index (χ2n) is 5.75. The summed E-state index contributed by atoms with van der Waals surface area (Å²) in [6, 6.07) is 16.9. The van der Waals surface area contributed by atoms with E-state index in [2.05, 4.69) is 49.4 Å². The monoisotopic (exact) mass is 267 g/mol. The number of ether oxygens (including phenoxy) is 1. The summed E-state index contributed by atoms with van der Waals surface area (Å²) in [5, 5.41) is 0. The molecule has 2 nitrogen and oxygen atoms in total. The smallest absolute Gasteiger partial charge is 0.123 e. The Balaban J connectivity index is 2.01. The van der Waals surface area contributed by atoms with Crippen LogP contribution in [-0.4, -0.2) is 7.11 Å². The maximum atomic E-state index is 6.63. The molecule has 2 aromatic rings. The summed E-state index contributed by atoms with van der Waals surface area (Å²) >= 11 is 0. The summed E-state index contributed by atoms with van der Waals surface area (Å²) in [5.74, 6) is 0.894. The summed E-state index contributed by atoms with van der Waals surface area (Å²) < 4.78 is 5.50. The average Bonchev–Trinajstić information content (AvgIpc) is 3.29. The molecule has 0 saturated heterocycles. The average molecular weight is 267 g/mol. The van der Waals surface area contributed by atoms with E-state index in [1.54, 1.807) is 7.11 Å². The number of rotatable bonds is 4. The molecule has 1 saturated carbocycles. The first kappa shape index (κ1) is 13.2. The molecule has 0 heterocycles. The summed E-state index contributed by atoms with van der Waals surface area (Å²) in [6.45, 7) is 2.09. The van der Waals surface area contributed by atoms with Crippen LogP contribution in [0.4, 0.5) is 0 Å². The third-order valence-corrected chi connectivity index (χ3v) is 4.45. The van der Waals surface area contributed by atoms with Gasteiger partial charge in [0.15, 0.2) is 0 Å². The van der Waals surface area contributed by atoms with Crippen LogP contribution in [0.2, 0.25) is 0 Å². The van der Waals surface area contributed by atoms with E-state index in [4.69, 9.17) is 10.5 Å². The Morgan fingerprint density at radius 1 is 1.10 bits per heavy atom. The van der Waals surface area contributed by atoms with Crippen molar-refractivity contribution in [1.29, 1.82) is 0 Å². The summed E-state index contributed by atoms with van der Waals surface area (Å²) in [4.78, 5) is 0. The Labute approximate surface area is 120 Å². The van der Waals surface area contributed by atoms with Gasteiger partial charge in [-0.1, -0.05) is 48.0 Å². The maximum absolute atomic E-state index is 6.63. The molecule has 2 heteroatoms. The summed E-state index contributed by atoms with van der Waals surface area (Å²) in [6.07, 6.45) is 2.30. The van der Waals surface area contributed by atoms with Gasteiger partial charge in [0.05, 0.1) is 7.11 Å². The number of hydrogen-bond acceptors (Lipinski definition) is 2. The third kappa shape index (κ3) is 2.10. The number of nitrogens with two attached hydrogens (primary N) is 1. The highest BCUT2D eigenvalue weighted by atomic mass is 16.5. The highest BCUT2D eigenvalue weighted by Crippen LogP contribution is 2.56. The lowest BCUT2D eigenvalue weighted by Gasteiger charge is -2.26. The lowest BCUT2D eigenvalue weighted by Crippen LogP contribution is -2.26. The topological polar surface area (TPSA) is 35.2 Å². The van der Waals surface area contributed by atoms with Gasteiger partial charge in [-0.25, -0.2) is 0 Å². The Morgan fingerprint density at radius 2 is 1.80 bits per heavy atom. The second kappa shape index (κ2) is 4.95. The first-order valence-corrected chi connectivity index (χ1v) is 7.13. The van der Waals surface area contributed by atoms with Crippen molar-refractivity contribution in [1.82, 2.24) is 0 Å². The van der Waals surface area contributed by atoms with Gasteiger partial charge in [-0.2, -0.15) is 0 Å². The van der Waals surface area contributed by atoms with E-state index >= 15 is 0 Å². The van der Waals surface area contributed by atoms with Crippen LogP contribution in [0.1, 0.15) is 35.6 Å². The van der Waals surface area contributed by atoms with Crippen LogP contribution >= 0.6 is 0 Å². The molecule has 2 N–H and O–H groups in total. The van der Waals surface area contributed by atoms with Gasteiger partial charge in [-0.15, -0.1) is 0 Å². The lowest BCUT2D eigenvalue weighted by atomic mass is 9.83. The molecular weight excluding hydrogens is 246 g/mol. The van der Waals surface area contributed by atoms with E-state index in [1.165, 1.54) is 11.1 Å². The Kier molecular flexibility index (Phi) is 3.27. The van der Waals surface area contributed by atoms with E-state index in [0.717, 1.165) is 24.2 Å². The van der Waals surface area contributed by atoms with Crippen molar-refractivity contribution in [2.24, 2.45) is 5.73 Å². The molecule has 2 aromatic carbocycles. The minimum absolute atomic E-state index is 0.0141. The molecule has 1 fully saturated rings. The van der Waals surface area contributed by atoms with Crippen molar-refractivity contribution in [2.45, 2.75) is 31.2 Å². The standard InChI is InChI=1S/C18H21NO/c1-13-8-9-16(20-2)15(12-13)17(19)18(10-11-18)14-6-4-3-5-7-14/h3-9,12,17H,10-11,19H2,1-2H3. The highest BCUT2D eigenvalue weighted by molar-refractivity contribution is 5.45. The Bertz CT molecular complexity index is 602. The predicted molar refractivity (Wildman–Crippen MR) is 82.0 cm³/mol. The fourth-order valence-electron chi connectivity index (χ4n) is 3.08. The van der Waals surface area contributed by atoms with Gasteiger partial charge in [-0.05, 0) is 31.4 Å². The number of benzene rings is 2.